The number of carbonyl (C=O) groups excluding carboxylic acids is 1. The molecule has 1 unspecified atom stereocenters. The zero-order valence-corrected chi connectivity index (χ0v) is 17.2. The maximum absolute atomic E-state index is 13.2. The van der Waals surface area contributed by atoms with Crippen LogP contribution >= 0.6 is 0 Å². The van der Waals surface area contributed by atoms with E-state index in [-0.39, 0.29) is 5.91 Å². The van der Waals surface area contributed by atoms with Crippen molar-refractivity contribution in [1.82, 2.24) is 15.2 Å². The average Bonchev–Trinajstić information content (AvgIpc) is 3.00. The summed E-state index contributed by atoms with van der Waals surface area (Å²) >= 11 is 0. The Labute approximate surface area is 169 Å². The lowest BCUT2D eigenvalue weighted by Gasteiger charge is -2.31. The number of nitrogens with zero attached hydrogens (tertiary/aromatic N) is 2. The number of benzene rings is 1. The molecule has 2 aromatic rings. The smallest absolute Gasteiger partial charge is 0.223 e. The van der Waals surface area contributed by atoms with Gasteiger partial charge in [-0.2, -0.15) is 0 Å². The quantitative estimate of drug-likeness (QED) is 0.780. The minimum Gasteiger partial charge on any atom is -0.334 e. The Morgan fingerprint density at radius 1 is 1.14 bits per heavy atom. The van der Waals surface area contributed by atoms with Crippen LogP contribution in [-0.2, 0) is 17.8 Å². The van der Waals surface area contributed by atoms with Gasteiger partial charge in [-0.15, -0.1) is 0 Å². The maximum atomic E-state index is 13.2. The van der Waals surface area contributed by atoms with Crippen molar-refractivity contribution in [3.8, 4) is 0 Å². The van der Waals surface area contributed by atoms with E-state index in [2.05, 4.69) is 53.3 Å². The molecule has 0 saturated carbocycles. The van der Waals surface area contributed by atoms with Crippen molar-refractivity contribution in [3.05, 3.63) is 65.5 Å². The van der Waals surface area contributed by atoms with Gasteiger partial charge in [-0.1, -0.05) is 44.2 Å². The van der Waals surface area contributed by atoms with Crippen LogP contribution in [0.5, 0.6) is 0 Å². The van der Waals surface area contributed by atoms with E-state index in [0.717, 1.165) is 44.5 Å². The lowest BCUT2D eigenvalue weighted by atomic mass is 10.00. The van der Waals surface area contributed by atoms with Crippen LogP contribution in [0.4, 0.5) is 0 Å². The van der Waals surface area contributed by atoms with E-state index in [1.54, 1.807) is 0 Å². The number of nitrogens with one attached hydrogen (secondary N) is 1. The molecule has 3 rings (SSSR count). The molecule has 0 aliphatic carbocycles. The van der Waals surface area contributed by atoms with E-state index in [4.69, 9.17) is 0 Å². The molecule has 1 saturated heterocycles. The highest BCUT2D eigenvalue weighted by Gasteiger charge is 2.24. The number of pyridine rings is 1. The SMILES string of the molecule is CC(C)c1ccc(CCC(=O)N(Cc2ccccn2)C2CCCNCC2)cc1. The monoisotopic (exact) mass is 379 g/mol. The van der Waals surface area contributed by atoms with E-state index in [9.17, 15) is 4.79 Å². The summed E-state index contributed by atoms with van der Waals surface area (Å²) in [6, 6.07) is 14.9. The first-order chi connectivity index (χ1) is 13.6. The van der Waals surface area contributed by atoms with Gasteiger partial charge in [-0.05, 0) is 68.0 Å². The maximum Gasteiger partial charge on any atom is 0.223 e. The summed E-state index contributed by atoms with van der Waals surface area (Å²) in [5.41, 5.74) is 3.55. The van der Waals surface area contributed by atoms with Gasteiger partial charge in [0, 0.05) is 18.7 Å². The van der Waals surface area contributed by atoms with Gasteiger partial charge >= 0.3 is 0 Å². The first-order valence-corrected chi connectivity index (χ1v) is 10.6. The summed E-state index contributed by atoms with van der Waals surface area (Å²) in [5.74, 6) is 0.777. The fourth-order valence-electron chi connectivity index (χ4n) is 3.86. The van der Waals surface area contributed by atoms with Crippen molar-refractivity contribution in [2.45, 2.75) is 64.5 Å². The van der Waals surface area contributed by atoms with Crippen LogP contribution in [0.2, 0.25) is 0 Å². The van der Waals surface area contributed by atoms with Gasteiger partial charge in [-0.25, -0.2) is 0 Å². The van der Waals surface area contributed by atoms with Gasteiger partial charge < -0.3 is 10.2 Å². The first-order valence-electron chi connectivity index (χ1n) is 10.6. The molecule has 1 aromatic carbocycles. The lowest BCUT2D eigenvalue weighted by molar-refractivity contribution is -0.134. The van der Waals surface area contributed by atoms with Gasteiger partial charge in [0.05, 0.1) is 12.2 Å². The van der Waals surface area contributed by atoms with Gasteiger partial charge in [0.2, 0.25) is 5.91 Å². The molecule has 1 aromatic heterocycles. The molecule has 1 aliphatic rings. The topological polar surface area (TPSA) is 45.2 Å². The molecular formula is C24H33N3O. The summed E-state index contributed by atoms with van der Waals surface area (Å²) < 4.78 is 0. The van der Waals surface area contributed by atoms with Crippen LogP contribution in [0.1, 0.15) is 62.3 Å². The zero-order chi connectivity index (χ0) is 19.8. The van der Waals surface area contributed by atoms with Crippen LogP contribution in [-0.4, -0.2) is 34.9 Å². The van der Waals surface area contributed by atoms with E-state index in [0.29, 0.717) is 24.9 Å². The van der Waals surface area contributed by atoms with Crippen molar-refractivity contribution >= 4 is 5.91 Å². The number of aromatic nitrogens is 1. The molecule has 0 spiro atoms. The third kappa shape index (κ3) is 5.90. The highest BCUT2D eigenvalue weighted by Crippen LogP contribution is 2.19. The molecule has 1 fully saturated rings. The molecule has 1 atom stereocenters. The fourth-order valence-corrected chi connectivity index (χ4v) is 3.86. The standard InChI is InChI=1S/C24H33N3O/c1-19(2)21-11-8-20(9-12-21)10-13-24(28)27(18-22-6-3-4-16-26-22)23-7-5-15-25-17-14-23/h3-4,6,8-9,11-12,16,19,23,25H,5,7,10,13-15,17-18H2,1-2H3. The van der Waals surface area contributed by atoms with Gasteiger partial charge in [0.1, 0.15) is 0 Å². The average molecular weight is 380 g/mol. The second kappa shape index (κ2) is 10.4. The predicted octanol–water partition coefficient (Wildman–Crippen LogP) is 4.31. The minimum atomic E-state index is 0.241. The van der Waals surface area contributed by atoms with Crippen molar-refractivity contribution in [3.63, 3.8) is 0 Å². The lowest BCUT2D eigenvalue weighted by Crippen LogP contribution is -2.40. The second-order valence-electron chi connectivity index (χ2n) is 8.07. The minimum absolute atomic E-state index is 0.241. The number of hydrogen-bond donors (Lipinski definition) is 1. The van der Waals surface area contributed by atoms with Crippen molar-refractivity contribution in [1.29, 1.82) is 0 Å². The Morgan fingerprint density at radius 2 is 1.96 bits per heavy atom. The number of amides is 1. The normalized spacial score (nSPS) is 17.3. The number of carbonyl (C=O) groups is 1. The molecule has 1 aliphatic heterocycles. The molecule has 0 radical (unpaired) electrons. The summed E-state index contributed by atoms with van der Waals surface area (Å²) in [6.07, 6.45) is 6.35. The van der Waals surface area contributed by atoms with Gasteiger partial charge in [0.25, 0.3) is 0 Å². The molecule has 2 heterocycles. The third-order valence-corrected chi connectivity index (χ3v) is 5.64. The fraction of sp³-hybridized carbons (Fsp3) is 0.500. The molecule has 150 valence electrons. The predicted molar refractivity (Wildman–Crippen MR) is 114 cm³/mol. The van der Waals surface area contributed by atoms with Crippen molar-refractivity contribution in [2.24, 2.45) is 0 Å². The molecule has 4 heteroatoms. The van der Waals surface area contributed by atoms with E-state index >= 15 is 0 Å². The zero-order valence-electron chi connectivity index (χ0n) is 17.2. The molecule has 1 N–H and O–H groups in total. The summed E-state index contributed by atoms with van der Waals surface area (Å²) in [7, 11) is 0. The number of rotatable bonds is 7. The van der Waals surface area contributed by atoms with Crippen molar-refractivity contribution < 1.29 is 4.79 Å². The van der Waals surface area contributed by atoms with Crippen LogP contribution < -0.4 is 5.32 Å². The Balaban J connectivity index is 1.66. The van der Waals surface area contributed by atoms with Gasteiger partial charge in [0.15, 0.2) is 0 Å². The summed E-state index contributed by atoms with van der Waals surface area (Å²) in [6.45, 7) is 7.04. The summed E-state index contributed by atoms with van der Waals surface area (Å²) in [5, 5.41) is 3.45. The molecule has 1 amide bonds. The highest BCUT2D eigenvalue weighted by atomic mass is 16.2. The Bertz CT molecular complexity index is 719. The highest BCUT2D eigenvalue weighted by molar-refractivity contribution is 5.76. The van der Waals surface area contributed by atoms with E-state index in [1.165, 1.54) is 11.1 Å². The van der Waals surface area contributed by atoms with E-state index in [1.807, 2.05) is 24.4 Å². The van der Waals surface area contributed by atoms with Gasteiger partial charge in [-0.3, -0.25) is 9.78 Å². The Kier molecular flexibility index (Phi) is 7.61. The third-order valence-electron chi connectivity index (χ3n) is 5.64. The number of hydrogen-bond acceptors (Lipinski definition) is 3. The largest absolute Gasteiger partial charge is 0.334 e. The summed E-state index contributed by atoms with van der Waals surface area (Å²) in [4.78, 5) is 19.7. The number of aryl methyl sites for hydroxylation is 1. The van der Waals surface area contributed by atoms with Crippen LogP contribution in [0, 0.1) is 0 Å². The van der Waals surface area contributed by atoms with Crippen molar-refractivity contribution in [2.75, 3.05) is 13.1 Å². The van der Waals surface area contributed by atoms with Crippen LogP contribution in [0.25, 0.3) is 0 Å². The molecule has 28 heavy (non-hydrogen) atoms. The molecular weight excluding hydrogens is 346 g/mol. The van der Waals surface area contributed by atoms with E-state index < -0.39 is 0 Å². The van der Waals surface area contributed by atoms with Crippen LogP contribution in [0.3, 0.4) is 0 Å². The van der Waals surface area contributed by atoms with Crippen LogP contribution in [0.15, 0.2) is 48.7 Å². The second-order valence-corrected chi connectivity index (χ2v) is 8.07. The Morgan fingerprint density at radius 3 is 2.68 bits per heavy atom. The molecule has 4 nitrogen and oxygen atoms in total. The molecule has 0 bridgehead atoms. The Hall–Kier alpha value is -2.20. The first kappa shape index (κ1) is 20.5.